The van der Waals surface area contributed by atoms with E-state index < -0.39 is 23.2 Å². The molecule has 1 aliphatic rings. The molecule has 112 valence electrons. The normalized spacial score (nSPS) is 13.2. The number of imide groups is 1. The molecule has 0 atom stereocenters. The van der Waals surface area contributed by atoms with E-state index in [4.69, 9.17) is 5.73 Å². The van der Waals surface area contributed by atoms with Gasteiger partial charge in [-0.1, -0.05) is 0 Å². The molecule has 6 nitrogen and oxygen atoms in total. The lowest BCUT2D eigenvalue weighted by Crippen LogP contribution is -2.24. The first kappa shape index (κ1) is 14.5. The van der Waals surface area contributed by atoms with Crippen molar-refractivity contribution >= 4 is 33.6 Å². The average Bonchev–Trinajstić information content (AvgIpc) is 2.70. The summed E-state index contributed by atoms with van der Waals surface area (Å²) in [6.07, 6.45) is 0. The highest BCUT2D eigenvalue weighted by Crippen LogP contribution is 2.29. The molecule has 0 saturated heterocycles. The molecule has 3 rings (SSSR count). The number of aromatic nitrogens is 1. The highest BCUT2D eigenvalue weighted by atomic mass is 79.9. The van der Waals surface area contributed by atoms with Crippen LogP contribution in [0.2, 0.25) is 0 Å². The van der Waals surface area contributed by atoms with Crippen molar-refractivity contribution in [3.8, 4) is 5.69 Å². The third kappa shape index (κ3) is 1.95. The van der Waals surface area contributed by atoms with Crippen LogP contribution in [-0.4, -0.2) is 16.4 Å². The van der Waals surface area contributed by atoms with Gasteiger partial charge < -0.3 is 5.73 Å². The number of amides is 2. The van der Waals surface area contributed by atoms with Crippen LogP contribution in [-0.2, 0) is 0 Å². The topological polar surface area (TPSA) is 94.2 Å². The molecule has 3 N–H and O–H groups in total. The summed E-state index contributed by atoms with van der Waals surface area (Å²) in [4.78, 5) is 35.7. The second-order valence-electron chi connectivity index (χ2n) is 4.86. The number of fused-ring (bicyclic) bond motifs is 1. The Bertz CT molecular complexity index is 921. The van der Waals surface area contributed by atoms with E-state index in [0.29, 0.717) is 5.56 Å². The predicted molar refractivity (Wildman–Crippen MR) is 80.6 cm³/mol. The van der Waals surface area contributed by atoms with E-state index in [1.54, 1.807) is 13.0 Å². The van der Waals surface area contributed by atoms with Crippen molar-refractivity contribution in [3.05, 3.63) is 55.5 Å². The summed E-state index contributed by atoms with van der Waals surface area (Å²) in [5.74, 6) is -2.14. The van der Waals surface area contributed by atoms with Crippen LogP contribution in [0.25, 0.3) is 5.69 Å². The van der Waals surface area contributed by atoms with Crippen molar-refractivity contribution in [1.82, 2.24) is 9.88 Å². The van der Waals surface area contributed by atoms with Gasteiger partial charge in [0.25, 0.3) is 17.4 Å². The molecule has 1 aliphatic heterocycles. The largest absolute Gasteiger partial charge is 0.384 e. The Morgan fingerprint density at radius 2 is 1.86 bits per heavy atom. The highest BCUT2D eigenvalue weighted by Gasteiger charge is 2.32. The molecule has 1 aromatic heterocycles. The summed E-state index contributed by atoms with van der Waals surface area (Å²) in [6, 6.07) is 3.85. The highest BCUT2D eigenvalue weighted by molar-refractivity contribution is 9.10. The summed E-state index contributed by atoms with van der Waals surface area (Å²) in [5, 5.41) is 2.07. The van der Waals surface area contributed by atoms with Gasteiger partial charge in [-0.2, -0.15) is 0 Å². The van der Waals surface area contributed by atoms with E-state index in [-0.39, 0.29) is 27.1 Å². The van der Waals surface area contributed by atoms with E-state index in [1.807, 2.05) is 0 Å². The molecule has 0 radical (unpaired) electrons. The van der Waals surface area contributed by atoms with Gasteiger partial charge in [-0.15, -0.1) is 0 Å². The predicted octanol–water partition coefficient (Wildman–Crippen LogP) is 1.51. The average molecular weight is 366 g/mol. The molecule has 2 heterocycles. The lowest BCUT2D eigenvalue weighted by atomic mass is 10.1. The smallest absolute Gasteiger partial charge is 0.262 e. The zero-order valence-electron chi connectivity index (χ0n) is 11.2. The number of halogens is 2. The van der Waals surface area contributed by atoms with E-state index in [0.717, 1.165) is 10.6 Å². The first-order valence-corrected chi connectivity index (χ1v) is 6.97. The molecular formula is C14H9BrFN3O3. The Kier molecular flexibility index (Phi) is 3.13. The lowest BCUT2D eigenvalue weighted by Gasteiger charge is -2.14. The molecular weight excluding hydrogens is 357 g/mol. The van der Waals surface area contributed by atoms with Gasteiger partial charge in [0, 0.05) is 6.07 Å². The SMILES string of the molecule is Cc1cc(F)c(Br)c(-n2c(N)c3c(cc2=O)C(=O)NC3=O)c1. The summed E-state index contributed by atoms with van der Waals surface area (Å²) < 4.78 is 14.9. The standard InChI is InChI=1S/C14H9BrFN3O3/c1-5-2-7(16)11(15)8(3-5)19-9(20)4-6-10(12(19)17)14(22)18-13(6)21/h2-4H,17H2,1H3,(H,18,21,22). The summed E-state index contributed by atoms with van der Waals surface area (Å²) in [6.45, 7) is 1.66. The third-order valence-corrected chi connectivity index (χ3v) is 4.13. The molecule has 22 heavy (non-hydrogen) atoms. The van der Waals surface area contributed by atoms with Crippen LogP contribution in [0, 0.1) is 12.7 Å². The van der Waals surface area contributed by atoms with Crippen LogP contribution in [0.5, 0.6) is 0 Å². The first-order chi connectivity index (χ1) is 10.3. The number of carbonyl (C=O) groups excluding carboxylic acids is 2. The summed E-state index contributed by atoms with van der Waals surface area (Å²) >= 11 is 3.07. The van der Waals surface area contributed by atoms with Gasteiger partial charge >= 0.3 is 0 Å². The van der Waals surface area contributed by atoms with E-state index in [1.165, 1.54) is 6.07 Å². The number of hydrogen-bond acceptors (Lipinski definition) is 4. The number of rotatable bonds is 1. The molecule has 0 fully saturated rings. The van der Waals surface area contributed by atoms with E-state index in [9.17, 15) is 18.8 Å². The number of nitrogen functional groups attached to an aromatic ring is 1. The Balaban J connectivity index is 2.40. The van der Waals surface area contributed by atoms with Crippen molar-refractivity contribution in [2.24, 2.45) is 0 Å². The fraction of sp³-hybridized carbons (Fsp3) is 0.0714. The van der Waals surface area contributed by atoms with Crippen LogP contribution in [0.1, 0.15) is 26.3 Å². The number of pyridine rings is 1. The minimum absolute atomic E-state index is 0.0385. The Labute approximate surface area is 131 Å². The van der Waals surface area contributed by atoms with Crippen molar-refractivity contribution in [2.45, 2.75) is 6.92 Å². The second kappa shape index (κ2) is 4.77. The Hall–Kier alpha value is -2.48. The van der Waals surface area contributed by atoms with Crippen molar-refractivity contribution in [1.29, 1.82) is 0 Å². The number of benzene rings is 1. The van der Waals surface area contributed by atoms with Crippen molar-refractivity contribution in [2.75, 3.05) is 5.73 Å². The molecule has 0 unspecified atom stereocenters. The van der Waals surface area contributed by atoms with E-state index >= 15 is 0 Å². The fourth-order valence-corrected chi connectivity index (χ4v) is 2.80. The van der Waals surface area contributed by atoms with E-state index in [2.05, 4.69) is 21.2 Å². The van der Waals surface area contributed by atoms with Gasteiger partial charge in [0.2, 0.25) is 0 Å². The Morgan fingerprint density at radius 3 is 2.55 bits per heavy atom. The van der Waals surface area contributed by atoms with Crippen LogP contribution >= 0.6 is 15.9 Å². The van der Waals surface area contributed by atoms with Gasteiger partial charge in [-0.25, -0.2) is 4.39 Å². The number of anilines is 1. The molecule has 1 aromatic carbocycles. The number of nitrogens with two attached hydrogens (primary N) is 1. The number of nitrogens with zero attached hydrogens (tertiary/aromatic N) is 1. The monoisotopic (exact) mass is 365 g/mol. The maximum Gasteiger partial charge on any atom is 0.262 e. The van der Waals surface area contributed by atoms with Gasteiger partial charge in [0.15, 0.2) is 0 Å². The molecule has 2 amide bonds. The van der Waals surface area contributed by atoms with Crippen LogP contribution in [0.4, 0.5) is 10.2 Å². The molecule has 0 bridgehead atoms. The van der Waals surface area contributed by atoms with Crippen molar-refractivity contribution in [3.63, 3.8) is 0 Å². The molecule has 0 saturated carbocycles. The van der Waals surface area contributed by atoms with Crippen LogP contribution in [0.15, 0.2) is 27.5 Å². The maximum atomic E-state index is 13.9. The molecule has 2 aromatic rings. The number of nitrogens with one attached hydrogen (secondary N) is 1. The van der Waals surface area contributed by atoms with Gasteiger partial charge in [-0.3, -0.25) is 24.3 Å². The number of aryl methyl sites for hydroxylation is 1. The summed E-state index contributed by atoms with van der Waals surface area (Å²) in [7, 11) is 0. The van der Waals surface area contributed by atoms with Crippen LogP contribution < -0.4 is 16.6 Å². The Morgan fingerprint density at radius 1 is 1.18 bits per heavy atom. The molecule has 8 heteroatoms. The summed E-state index contributed by atoms with van der Waals surface area (Å²) in [5.41, 5.74) is 5.84. The molecule has 0 spiro atoms. The fourth-order valence-electron chi connectivity index (χ4n) is 2.40. The quantitative estimate of drug-likeness (QED) is 0.749. The third-order valence-electron chi connectivity index (χ3n) is 3.35. The van der Waals surface area contributed by atoms with Crippen molar-refractivity contribution < 1.29 is 14.0 Å². The van der Waals surface area contributed by atoms with Gasteiger partial charge in [0.1, 0.15) is 11.6 Å². The minimum atomic E-state index is -0.685. The number of hydrogen-bond donors (Lipinski definition) is 2. The minimum Gasteiger partial charge on any atom is -0.384 e. The lowest BCUT2D eigenvalue weighted by molar-refractivity contribution is 0.0880. The second-order valence-corrected chi connectivity index (χ2v) is 5.65. The zero-order valence-corrected chi connectivity index (χ0v) is 12.8. The van der Waals surface area contributed by atoms with Gasteiger partial charge in [0.05, 0.1) is 21.3 Å². The maximum absolute atomic E-state index is 13.9. The molecule has 0 aliphatic carbocycles. The number of carbonyl (C=O) groups is 2. The van der Waals surface area contributed by atoms with Gasteiger partial charge in [-0.05, 0) is 40.5 Å². The first-order valence-electron chi connectivity index (χ1n) is 6.18. The zero-order chi connectivity index (χ0) is 16.2. The van der Waals surface area contributed by atoms with Crippen LogP contribution in [0.3, 0.4) is 0 Å².